The molecule has 0 aliphatic carbocycles. The van der Waals surface area contributed by atoms with Crippen LogP contribution in [-0.4, -0.2) is 29.7 Å². The lowest BCUT2D eigenvalue weighted by molar-refractivity contribution is -0.388. The topological polar surface area (TPSA) is 17.1 Å². The van der Waals surface area contributed by atoms with Gasteiger partial charge in [-0.25, -0.2) is 0 Å². The molecule has 0 unspecified atom stereocenters. The molecule has 0 aromatic rings. The molecule has 0 bridgehead atoms. The fourth-order valence-electron chi connectivity index (χ4n) is 0.596. The van der Waals surface area contributed by atoms with Crippen molar-refractivity contribution >= 4 is 5.78 Å². The number of ketones is 1. The summed E-state index contributed by atoms with van der Waals surface area (Å²) in [5.74, 6) is -22.7. The Kier molecular flexibility index (Phi) is 3.31. The Morgan fingerprint density at radius 3 is 1.25 bits per heavy atom. The van der Waals surface area contributed by atoms with E-state index in [0.717, 1.165) is 0 Å². The van der Waals surface area contributed by atoms with Gasteiger partial charge in [0, 0.05) is 6.92 Å². The first-order chi connectivity index (χ1) is 6.69. The van der Waals surface area contributed by atoms with Gasteiger partial charge in [0.2, 0.25) is 5.78 Å². The summed E-state index contributed by atoms with van der Waals surface area (Å²) < 4.78 is 108. The third-order valence-corrected chi connectivity index (χ3v) is 1.59. The Morgan fingerprint density at radius 1 is 0.750 bits per heavy atom. The summed E-state index contributed by atoms with van der Waals surface area (Å²) in [6.07, 6.45) is -6.89. The van der Waals surface area contributed by atoms with E-state index in [0.29, 0.717) is 0 Å². The highest BCUT2D eigenvalue weighted by Gasteiger charge is 2.82. The second-order valence-corrected chi connectivity index (χ2v) is 2.78. The molecule has 0 amide bonds. The molecule has 0 aromatic heterocycles. The molecule has 1 nitrogen and oxygen atoms in total. The summed E-state index contributed by atoms with van der Waals surface area (Å²) in [6.45, 7) is -0.222. The molecule has 0 aliphatic heterocycles. The van der Waals surface area contributed by atoms with Crippen LogP contribution in [0.3, 0.4) is 0 Å². The molecule has 0 N–H and O–H groups in total. The van der Waals surface area contributed by atoms with Gasteiger partial charge in [-0.05, 0) is 0 Å². The third kappa shape index (κ3) is 1.84. The quantitative estimate of drug-likeness (QED) is 0.716. The zero-order valence-corrected chi connectivity index (χ0v) is 7.31. The van der Waals surface area contributed by atoms with Crippen LogP contribution in [0.2, 0.25) is 0 Å². The van der Waals surface area contributed by atoms with E-state index >= 15 is 0 Å². The molecular formula is C6H3F9O. The monoisotopic (exact) mass is 264 g/mol. The lowest BCUT2D eigenvalue weighted by atomic mass is 10.1. The molecule has 0 heterocycles. The Morgan fingerprint density at radius 2 is 1.06 bits per heavy atom. The highest BCUT2D eigenvalue weighted by Crippen LogP contribution is 2.53. The van der Waals surface area contributed by atoms with Crippen LogP contribution >= 0.6 is 0 Å². The summed E-state index contributed by atoms with van der Waals surface area (Å²) >= 11 is 0. The van der Waals surface area contributed by atoms with E-state index in [1.54, 1.807) is 0 Å². The highest BCUT2D eigenvalue weighted by molar-refractivity contribution is 5.84. The Hall–Kier alpha value is -0.960. The molecular weight excluding hydrogens is 261 g/mol. The van der Waals surface area contributed by atoms with Crippen molar-refractivity contribution in [3.63, 3.8) is 0 Å². The lowest BCUT2D eigenvalue weighted by Crippen LogP contribution is -2.63. The summed E-state index contributed by atoms with van der Waals surface area (Å²) in [7, 11) is 0. The van der Waals surface area contributed by atoms with Crippen molar-refractivity contribution in [2.45, 2.75) is 30.9 Å². The van der Waals surface area contributed by atoms with Gasteiger partial charge in [0.1, 0.15) is 0 Å². The van der Waals surface area contributed by atoms with E-state index in [1.807, 2.05) is 0 Å². The molecule has 10 heteroatoms. The van der Waals surface area contributed by atoms with Crippen LogP contribution in [0.4, 0.5) is 39.5 Å². The van der Waals surface area contributed by atoms with Crippen molar-refractivity contribution in [3.8, 4) is 0 Å². The van der Waals surface area contributed by atoms with E-state index in [9.17, 15) is 44.3 Å². The second kappa shape index (κ2) is 3.52. The summed E-state index contributed by atoms with van der Waals surface area (Å²) in [5.41, 5.74) is 0. The first kappa shape index (κ1) is 15.0. The van der Waals surface area contributed by atoms with Gasteiger partial charge < -0.3 is 0 Å². The molecule has 0 fully saturated rings. The number of hydrogen-bond donors (Lipinski definition) is 0. The van der Waals surface area contributed by atoms with E-state index in [1.165, 1.54) is 0 Å². The molecule has 0 spiro atoms. The highest BCUT2D eigenvalue weighted by atomic mass is 19.4. The fraction of sp³-hybridized carbons (Fsp3) is 0.833. The van der Waals surface area contributed by atoms with Gasteiger partial charge in [0.25, 0.3) is 0 Å². The van der Waals surface area contributed by atoms with Crippen molar-refractivity contribution < 1.29 is 44.3 Å². The normalized spacial score (nSPS) is 15.1. The third-order valence-electron chi connectivity index (χ3n) is 1.59. The van der Waals surface area contributed by atoms with Crippen LogP contribution in [-0.2, 0) is 4.79 Å². The van der Waals surface area contributed by atoms with Crippen LogP contribution in [0.25, 0.3) is 0 Å². The maximum Gasteiger partial charge on any atom is 0.460 e. The predicted octanol–water partition coefficient (Wildman–Crippen LogP) is 3.04. The first-order valence-electron chi connectivity index (χ1n) is 3.40. The number of carbonyl (C=O) groups is 1. The zero-order chi connectivity index (χ0) is 13.6. The summed E-state index contributed by atoms with van der Waals surface area (Å²) in [6, 6.07) is 0. The Balaban J connectivity index is 5.62. The lowest BCUT2D eigenvalue weighted by Gasteiger charge is -2.32. The molecule has 0 saturated carbocycles. The minimum Gasteiger partial charge on any atom is -0.293 e. The van der Waals surface area contributed by atoms with Gasteiger partial charge in [0.15, 0.2) is 0 Å². The van der Waals surface area contributed by atoms with E-state index in [2.05, 4.69) is 0 Å². The van der Waals surface area contributed by atoms with E-state index < -0.39 is 29.7 Å². The molecule has 0 radical (unpaired) electrons. The van der Waals surface area contributed by atoms with Crippen molar-refractivity contribution in [1.82, 2.24) is 0 Å². The van der Waals surface area contributed by atoms with Crippen LogP contribution in [0.15, 0.2) is 0 Å². The predicted molar refractivity (Wildman–Crippen MR) is 31.6 cm³/mol. The minimum absolute atomic E-state index is 0.222. The van der Waals surface area contributed by atoms with Gasteiger partial charge in [-0.2, -0.15) is 39.5 Å². The van der Waals surface area contributed by atoms with Crippen LogP contribution in [0.1, 0.15) is 6.92 Å². The molecule has 0 rings (SSSR count). The number of alkyl halides is 9. The standard InChI is InChI=1S/C6H3F9O/c1-2(16)3(7,8)4(9,10)5(11,12)6(13,14)15/h1H3/i2+2. The van der Waals surface area contributed by atoms with E-state index in [-0.39, 0.29) is 6.92 Å². The van der Waals surface area contributed by atoms with Crippen LogP contribution in [0, 0.1) is 0 Å². The number of rotatable bonds is 3. The molecule has 0 atom stereocenters. The average molecular weight is 264 g/mol. The van der Waals surface area contributed by atoms with Crippen molar-refractivity contribution in [2.75, 3.05) is 0 Å². The Labute approximate surface area is 82.2 Å². The Bertz CT molecular complexity index is 289. The molecule has 0 saturated heterocycles. The molecule has 96 valence electrons. The smallest absolute Gasteiger partial charge is 0.293 e. The zero-order valence-electron chi connectivity index (χ0n) is 7.31. The van der Waals surface area contributed by atoms with Gasteiger partial charge in [-0.3, -0.25) is 4.79 Å². The maximum atomic E-state index is 12.3. The molecule has 16 heavy (non-hydrogen) atoms. The van der Waals surface area contributed by atoms with Crippen molar-refractivity contribution in [3.05, 3.63) is 0 Å². The number of Topliss-reactive ketones (excluding diaryl/α,β-unsaturated/α-hetero) is 1. The van der Waals surface area contributed by atoms with Gasteiger partial charge in [-0.15, -0.1) is 0 Å². The van der Waals surface area contributed by atoms with Crippen molar-refractivity contribution in [1.29, 1.82) is 0 Å². The number of halogens is 9. The van der Waals surface area contributed by atoms with Crippen LogP contribution in [0.5, 0.6) is 0 Å². The minimum atomic E-state index is -7.00. The van der Waals surface area contributed by atoms with E-state index in [4.69, 9.17) is 0 Å². The molecule has 0 aromatic carbocycles. The first-order valence-corrected chi connectivity index (χ1v) is 3.40. The largest absolute Gasteiger partial charge is 0.460 e. The second-order valence-electron chi connectivity index (χ2n) is 2.78. The molecule has 0 aliphatic rings. The number of hydrogen-bond acceptors (Lipinski definition) is 1. The average Bonchev–Trinajstić information content (AvgIpc) is 2.00. The van der Waals surface area contributed by atoms with Gasteiger partial charge in [-0.1, -0.05) is 0 Å². The fourth-order valence-corrected chi connectivity index (χ4v) is 0.596. The SMILES string of the molecule is C[14C](=O)C(F)(F)C(F)(F)C(F)(F)C(F)(F)F. The van der Waals surface area contributed by atoms with Gasteiger partial charge in [0.05, 0.1) is 0 Å². The van der Waals surface area contributed by atoms with Crippen LogP contribution < -0.4 is 0 Å². The maximum absolute atomic E-state index is 12.3. The summed E-state index contributed by atoms with van der Waals surface area (Å²) in [5, 5.41) is 0. The number of carbonyl (C=O) groups excluding carboxylic acids is 1. The summed E-state index contributed by atoms with van der Waals surface area (Å²) in [4.78, 5) is 9.96. The van der Waals surface area contributed by atoms with Gasteiger partial charge >= 0.3 is 23.9 Å². The van der Waals surface area contributed by atoms with Crippen molar-refractivity contribution in [2.24, 2.45) is 0 Å².